The van der Waals surface area contributed by atoms with Crippen LogP contribution < -0.4 is 10.6 Å². The van der Waals surface area contributed by atoms with Crippen LogP contribution in [-0.2, 0) is 17.7 Å². The van der Waals surface area contributed by atoms with Crippen LogP contribution in [0.1, 0.15) is 11.1 Å². The number of benzene rings is 1. The molecule has 0 amide bonds. The van der Waals surface area contributed by atoms with E-state index in [2.05, 4.69) is 40.0 Å². The maximum Gasteiger partial charge on any atom is 0.187 e. The van der Waals surface area contributed by atoms with Crippen LogP contribution in [0.5, 0.6) is 0 Å². The van der Waals surface area contributed by atoms with Crippen molar-refractivity contribution in [1.82, 2.24) is 15.6 Å². The molecule has 22 heavy (non-hydrogen) atoms. The van der Waals surface area contributed by atoms with E-state index in [1.165, 1.54) is 16.5 Å². The first kappa shape index (κ1) is 15.0. The molecular weight excluding hydrogens is 298 g/mol. The molecule has 0 radical (unpaired) electrons. The summed E-state index contributed by atoms with van der Waals surface area (Å²) in [7, 11) is 3.58. The predicted octanol–water partition coefficient (Wildman–Crippen LogP) is 3.01. The third kappa shape index (κ3) is 2.98. The lowest BCUT2D eigenvalue weighted by atomic mass is 10.0. The van der Waals surface area contributed by atoms with Crippen LogP contribution >= 0.6 is 11.6 Å². The maximum atomic E-state index is 6.35. The number of rotatable bonds is 5. The number of hydrogen-bond donors (Lipinski definition) is 3. The van der Waals surface area contributed by atoms with E-state index < -0.39 is 0 Å². The Morgan fingerprint density at radius 2 is 2.18 bits per heavy atom. The van der Waals surface area contributed by atoms with Gasteiger partial charge in [-0.1, -0.05) is 29.8 Å². The number of H-pyrrole nitrogens is 1. The minimum absolute atomic E-state index is 0.237. The van der Waals surface area contributed by atoms with Gasteiger partial charge >= 0.3 is 0 Å². The normalized spacial score (nSPS) is 17.9. The molecule has 4 nitrogen and oxygen atoms in total. The monoisotopic (exact) mass is 317 g/mol. The molecule has 0 spiro atoms. The predicted molar refractivity (Wildman–Crippen MR) is 90.7 cm³/mol. The summed E-state index contributed by atoms with van der Waals surface area (Å²) in [5.41, 5.74) is 4.57. The van der Waals surface area contributed by atoms with Crippen LogP contribution in [0.25, 0.3) is 10.9 Å². The molecule has 1 aliphatic rings. The number of aromatic amines is 1. The number of halogens is 1. The van der Waals surface area contributed by atoms with Gasteiger partial charge in [-0.3, -0.25) is 0 Å². The lowest BCUT2D eigenvalue weighted by Gasteiger charge is -2.21. The molecule has 1 atom stereocenters. The SMILES string of the molecule is CNCc1c[nH]c2cc(CC3=CC=C(OC)NC3Cl)ccc12. The van der Waals surface area contributed by atoms with E-state index in [0.717, 1.165) is 24.1 Å². The second-order valence-corrected chi connectivity index (χ2v) is 5.82. The average Bonchev–Trinajstić information content (AvgIpc) is 2.92. The number of ether oxygens (including phenoxy) is 1. The number of alkyl halides is 1. The largest absolute Gasteiger partial charge is 0.482 e. The topological polar surface area (TPSA) is 49.1 Å². The molecule has 1 aliphatic heterocycles. The highest BCUT2D eigenvalue weighted by atomic mass is 35.5. The van der Waals surface area contributed by atoms with Crippen LogP contribution in [0.4, 0.5) is 0 Å². The quantitative estimate of drug-likeness (QED) is 0.587. The molecule has 116 valence electrons. The lowest BCUT2D eigenvalue weighted by Crippen LogP contribution is -2.29. The van der Waals surface area contributed by atoms with Gasteiger partial charge < -0.3 is 20.4 Å². The minimum Gasteiger partial charge on any atom is -0.482 e. The summed E-state index contributed by atoms with van der Waals surface area (Å²) in [5.74, 6) is 0.695. The minimum atomic E-state index is -0.237. The van der Waals surface area contributed by atoms with Crippen molar-refractivity contribution < 1.29 is 4.74 Å². The zero-order valence-electron chi connectivity index (χ0n) is 12.7. The number of aromatic nitrogens is 1. The van der Waals surface area contributed by atoms with Crippen LogP contribution in [0.15, 0.2) is 48.0 Å². The Labute approximate surface area is 135 Å². The van der Waals surface area contributed by atoms with Crippen molar-refractivity contribution in [2.45, 2.75) is 18.5 Å². The summed E-state index contributed by atoms with van der Waals surface area (Å²) in [6, 6.07) is 6.52. The fourth-order valence-corrected chi connectivity index (χ4v) is 2.98. The molecule has 0 saturated heterocycles. The first-order valence-electron chi connectivity index (χ1n) is 7.30. The Bertz CT molecular complexity index is 733. The second kappa shape index (κ2) is 6.46. The molecular formula is C17H20ClN3O. The summed E-state index contributed by atoms with van der Waals surface area (Å²) < 4.78 is 5.15. The summed E-state index contributed by atoms with van der Waals surface area (Å²) in [6.07, 6.45) is 6.81. The van der Waals surface area contributed by atoms with E-state index in [1.807, 2.05) is 19.2 Å². The van der Waals surface area contributed by atoms with Crippen molar-refractivity contribution >= 4 is 22.5 Å². The van der Waals surface area contributed by atoms with Gasteiger partial charge in [-0.05, 0) is 42.3 Å². The van der Waals surface area contributed by atoms with Crippen molar-refractivity contribution in [2.24, 2.45) is 0 Å². The molecule has 2 heterocycles. The molecule has 1 aromatic heterocycles. The number of dihydropyridines is 1. The molecule has 0 aliphatic carbocycles. The second-order valence-electron chi connectivity index (χ2n) is 5.38. The molecule has 0 saturated carbocycles. The number of nitrogens with one attached hydrogen (secondary N) is 3. The fourth-order valence-electron chi connectivity index (χ4n) is 2.72. The van der Waals surface area contributed by atoms with Crippen LogP contribution in [0.2, 0.25) is 0 Å². The van der Waals surface area contributed by atoms with Gasteiger partial charge in [-0.15, -0.1) is 0 Å². The zero-order valence-corrected chi connectivity index (χ0v) is 13.5. The smallest absolute Gasteiger partial charge is 0.187 e. The third-order valence-electron chi connectivity index (χ3n) is 3.87. The first-order valence-corrected chi connectivity index (χ1v) is 7.73. The average molecular weight is 318 g/mol. The molecule has 0 fully saturated rings. The van der Waals surface area contributed by atoms with E-state index in [-0.39, 0.29) is 5.50 Å². The summed E-state index contributed by atoms with van der Waals surface area (Å²) in [4.78, 5) is 3.34. The number of methoxy groups -OCH3 is 1. The van der Waals surface area contributed by atoms with E-state index >= 15 is 0 Å². The van der Waals surface area contributed by atoms with Crippen molar-refractivity contribution in [3.05, 3.63) is 59.1 Å². The van der Waals surface area contributed by atoms with Gasteiger partial charge in [0.15, 0.2) is 5.88 Å². The Hall–Kier alpha value is -1.91. The molecule has 3 N–H and O–H groups in total. The highest BCUT2D eigenvalue weighted by Gasteiger charge is 2.16. The molecule has 1 aromatic carbocycles. The van der Waals surface area contributed by atoms with Crippen LogP contribution in [-0.4, -0.2) is 24.6 Å². The van der Waals surface area contributed by atoms with Gasteiger partial charge in [0.25, 0.3) is 0 Å². The van der Waals surface area contributed by atoms with Gasteiger partial charge in [-0.25, -0.2) is 0 Å². The van der Waals surface area contributed by atoms with E-state index in [0.29, 0.717) is 5.88 Å². The number of hydrogen-bond acceptors (Lipinski definition) is 3. The number of allylic oxidation sites excluding steroid dienone is 2. The Morgan fingerprint density at radius 1 is 1.32 bits per heavy atom. The van der Waals surface area contributed by atoms with E-state index in [1.54, 1.807) is 7.11 Å². The maximum absolute atomic E-state index is 6.35. The molecule has 3 rings (SSSR count). The Kier molecular flexibility index (Phi) is 4.41. The first-order chi connectivity index (χ1) is 10.7. The van der Waals surface area contributed by atoms with Crippen LogP contribution in [0, 0.1) is 0 Å². The Balaban J connectivity index is 1.82. The molecule has 0 bridgehead atoms. The standard InChI is InChI=1S/C17H20ClN3O/c1-19-9-13-10-20-15-8-11(3-5-14(13)15)7-12-4-6-16(22-2)21-17(12)18/h3-6,8,10,17,19-21H,7,9H2,1-2H3. The summed E-state index contributed by atoms with van der Waals surface area (Å²) >= 11 is 6.35. The van der Waals surface area contributed by atoms with E-state index in [4.69, 9.17) is 16.3 Å². The zero-order chi connectivity index (χ0) is 15.5. The number of fused-ring (bicyclic) bond motifs is 1. The third-order valence-corrected chi connectivity index (χ3v) is 4.26. The van der Waals surface area contributed by atoms with Gasteiger partial charge in [0, 0.05) is 23.6 Å². The fraction of sp³-hybridized carbons (Fsp3) is 0.294. The van der Waals surface area contributed by atoms with Gasteiger partial charge in [0.1, 0.15) is 5.50 Å². The molecule has 1 unspecified atom stereocenters. The van der Waals surface area contributed by atoms with E-state index in [9.17, 15) is 0 Å². The Morgan fingerprint density at radius 3 is 2.91 bits per heavy atom. The molecule has 5 heteroatoms. The summed E-state index contributed by atoms with van der Waals surface area (Å²) in [5, 5.41) is 7.56. The van der Waals surface area contributed by atoms with Gasteiger partial charge in [0.05, 0.1) is 7.11 Å². The highest BCUT2D eigenvalue weighted by molar-refractivity contribution is 6.22. The van der Waals surface area contributed by atoms with Crippen molar-refractivity contribution in [2.75, 3.05) is 14.2 Å². The molecule has 2 aromatic rings. The highest BCUT2D eigenvalue weighted by Crippen LogP contribution is 2.24. The van der Waals surface area contributed by atoms with Crippen molar-refractivity contribution in [3.63, 3.8) is 0 Å². The van der Waals surface area contributed by atoms with Gasteiger partial charge in [-0.2, -0.15) is 0 Å². The van der Waals surface area contributed by atoms with Crippen molar-refractivity contribution in [3.8, 4) is 0 Å². The van der Waals surface area contributed by atoms with Gasteiger partial charge in [0.2, 0.25) is 0 Å². The lowest BCUT2D eigenvalue weighted by molar-refractivity contribution is 0.259. The van der Waals surface area contributed by atoms with Crippen LogP contribution in [0.3, 0.4) is 0 Å². The van der Waals surface area contributed by atoms with Crippen molar-refractivity contribution in [1.29, 1.82) is 0 Å². The summed E-state index contributed by atoms with van der Waals surface area (Å²) in [6.45, 7) is 0.864.